The lowest BCUT2D eigenvalue weighted by Gasteiger charge is -2.21. The second kappa shape index (κ2) is 4.58. The second-order valence-corrected chi connectivity index (χ2v) is 2.87. The summed E-state index contributed by atoms with van der Waals surface area (Å²) in [4.78, 5) is 4.39. The van der Waals surface area contributed by atoms with Gasteiger partial charge >= 0.3 is 0 Å². The molecule has 0 saturated heterocycles. The molecule has 1 rings (SSSR count). The lowest BCUT2D eigenvalue weighted by Crippen LogP contribution is -2.22. The molecule has 1 aliphatic rings. The summed E-state index contributed by atoms with van der Waals surface area (Å²) in [6.45, 7) is 2.10. The van der Waals surface area contributed by atoms with E-state index in [0.29, 0.717) is 5.92 Å². The van der Waals surface area contributed by atoms with Crippen LogP contribution in [0.2, 0.25) is 0 Å². The molecule has 1 aliphatic carbocycles. The Morgan fingerprint density at radius 1 is 1.64 bits per heavy atom. The van der Waals surface area contributed by atoms with Crippen LogP contribution in [0.1, 0.15) is 19.8 Å². The summed E-state index contributed by atoms with van der Waals surface area (Å²) in [6, 6.07) is 0. The monoisotopic (exact) mass is 177 g/mol. The summed E-state index contributed by atoms with van der Waals surface area (Å²) < 4.78 is 4.38. The van der Waals surface area contributed by atoms with Crippen molar-refractivity contribution in [3.8, 4) is 0 Å². The van der Waals surface area contributed by atoms with E-state index in [4.69, 9.17) is 0 Å². The minimum Gasteiger partial charge on any atom is -0.188 e. The first-order valence-electron chi connectivity index (χ1n) is 3.44. The molecule has 0 amide bonds. The average Bonchev–Trinajstić information content (AvgIpc) is 2.02. The highest BCUT2D eigenvalue weighted by atomic mass is 32.2. The van der Waals surface area contributed by atoms with Crippen molar-refractivity contribution < 1.29 is 14.4 Å². The predicted octanol–water partition coefficient (Wildman–Crippen LogP) is 1.93. The summed E-state index contributed by atoms with van der Waals surface area (Å²) >= 11 is 1.06. The zero-order valence-electron chi connectivity index (χ0n) is 6.57. The Morgan fingerprint density at radius 3 is 2.91 bits per heavy atom. The van der Waals surface area contributed by atoms with E-state index >= 15 is 0 Å². The maximum atomic E-state index is 4.39. The van der Waals surface area contributed by atoms with Gasteiger partial charge in [0, 0.05) is 23.3 Å². The van der Waals surface area contributed by atoms with Crippen LogP contribution in [-0.4, -0.2) is 12.0 Å². The number of oxime groups is 1. The predicted molar refractivity (Wildman–Crippen MR) is 42.6 cm³/mol. The van der Waals surface area contributed by atoms with E-state index in [2.05, 4.69) is 26.4 Å². The maximum Gasteiger partial charge on any atom is 0.0641 e. The smallest absolute Gasteiger partial charge is 0.0641 e. The molecule has 11 heavy (non-hydrogen) atoms. The molecule has 0 radical (unpaired) electrons. The third-order valence-electron chi connectivity index (χ3n) is 1.68. The fraction of sp³-hybridized carbons (Fsp3) is 0.833. The van der Waals surface area contributed by atoms with Crippen LogP contribution in [-0.2, 0) is 14.4 Å². The van der Waals surface area contributed by atoms with E-state index in [1.807, 2.05) is 0 Å². The molecule has 0 aliphatic heterocycles. The van der Waals surface area contributed by atoms with Crippen LogP contribution in [0.15, 0.2) is 5.16 Å². The van der Waals surface area contributed by atoms with E-state index < -0.39 is 0 Å². The van der Waals surface area contributed by atoms with Crippen LogP contribution in [0.5, 0.6) is 0 Å². The second-order valence-electron chi connectivity index (χ2n) is 2.40. The van der Waals surface area contributed by atoms with Crippen LogP contribution in [0.25, 0.3) is 0 Å². The molecule has 4 nitrogen and oxygen atoms in total. The van der Waals surface area contributed by atoms with Gasteiger partial charge in [0.25, 0.3) is 0 Å². The molecule has 0 bridgehead atoms. The maximum absolute atomic E-state index is 4.39. The van der Waals surface area contributed by atoms with E-state index in [9.17, 15) is 0 Å². The van der Waals surface area contributed by atoms with Crippen molar-refractivity contribution in [2.45, 2.75) is 19.8 Å². The van der Waals surface area contributed by atoms with Crippen LogP contribution in [0, 0.1) is 5.92 Å². The van der Waals surface area contributed by atoms with Crippen molar-refractivity contribution in [2.24, 2.45) is 11.1 Å². The van der Waals surface area contributed by atoms with Gasteiger partial charge < -0.3 is 0 Å². The van der Waals surface area contributed by atoms with E-state index in [1.54, 1.807) is 6.26 Å². The fourth-order valence-corrected chi connectivity index (χ4v) is 0.881. The molecule has 0 N–H and O–H groups in total. The van der Waals surface area contributed by atoms with Gasteiger partial charge in [-0.2, -0.15) is 4.99 Å². The van der Waals surface area contributed by atoms with E-state index in [-0.39, 0.29) is 0 Å². The fourth-order valence-electron chi connectivity index (χ4n) is 0.801. The summed E-state index contributed by atoms with van der Waals surface area (Å²) in [5.41, 5.74) is 1.04. The largest absolute Gasteiger partial charge is 0.188 e. The molecular weight excluding hydrogens is 166 g/mol. The van der Waals surface area contributed by atoms with Gasteiger partial charge in [-0.05, 0) is 18.8 Å². The molecule has 0 spiro atoms. The molecule has 0 aromatic rings. The van der Waals surface area contributed by atoms with E-state index in [0.717, 1.165) is 24.2 Å². The van der Waals surface area contributed by atoms with Gasteiger partial charge in [0.1, 0.15) is 0 Å². The molecule has 64 valence electrons. The summed E-state index contributed by atoms with van der Waals surface area (Å²) in [7, 11) is 0. The number of hydrogen-bond acceptors (Lipinski definition) is 5. The molecule has 5 heteroatoms. The van der Waals surface area contributed by atoms with Crippen molar-refractivity contribution in [3.05, 3.63) is 0 Å². The minimum absolute atomic E-state index is 0.535. The summed E-state index contributed by atoms with van der Waals surface area (Å²) in [5, 5.41) is 7.92. The van der Waals surface area contributed by atoms with Gasteiger partial charge in [-0.3, -0.25) is 0 Å². The molecular formula is C6H11NO3S. The lowest BCUT2D eigenvalue weighted by atomic mass is 9.85. The highest BCUT2D eigenvalue weighted by Crippen LogP contribution is 2.22. The van der Waals surface area contributed by atoms with Gasteiger partial charge in [-0.1, -0.05) is 12.1 Å². The van der Waals surface area contributed by atoms with Crippen molar-refractivity contribution in [1.82, 2.24) is 0 Å². The highest BCUT2D eigenvalue weighted by Gasteiger charge is 2.21. The first-order valence-corrected chi connectivity index (χ1v) is 4.59. The van der Waals surface area contributed by atoms with Gasteiger partial charge in [0.2, 0.25) is 0 Å². The quantitative estimate of drug-likeness (QED) is 0.285. The van der Waals surface area contributed by atoms with Gasteiger partial charge in [-0.25, -0.2) is 0 Å². The van der Waals surface area contributed by atoms with E-state index in [1.165, 1.54) is 6.42 Å². The SMILES string of the molecule is CSOOO/N=C1\CCC1C. The van der Waals surface area contributed by atoms with Crippen LogP contribution in [0.4, 0.5) is 0 Å². The topological polar surface area (TPSA) is 40.0 Å². The highest BCUT2D eigenvalue weighted by molar-refractivity contribution is 7.93. The van der Waals surface area contributed by atoms with Gasteiger partial charge in [-0.15, -0.1) is 4.33 Å². The Bertz CT molecular complexity index is 151. The number of hydrogen-bond donors (Lipinski definition) is 0. The zero-order valence-corrected chi connectivity index (χ0v) is 7.39. The first kappa shape index (κ1) is 8.83. The van der Waals surface area contributed by atoms with Crippen LogP contribution < -0.4 is 0 Å². The Kier molecular flexibility index (Phi) is 3.68. The lowest BCUT2D eigenvalue weighted by molar-refractivity contribution is -0.462. The van der Waals surface area contributed by atoms with Crippen LogP contribution in [0.3, 0.4) is 0 Å². The van der Waals surface area contributed by atoms with Crippen LogP contribution >= 0.6 is 12.0 Å². The Balaban J connectivity index is 2.05. The molecule has 1 fully saturated rings. The zero-order chi connectivity index (χ0) is 8.10. The van der Waals surface area contributed by atoms with Crippen molar-refractivity contribution in [1.29, 1.82) is 0 Å². The number of rotatable bonds is 4. The normalized spacial score (nSPS) is 26.7. The molecule has 0 heterocycles. The van der Waals surface area contributed by atoms with Crippen molar-refractivity contribution in [2.75, 3.05) is 6.26 Å². The molecule has 0 aromatic carbocycles. The van der Waals surface area contributed by atoms with Gasteiger partial charge in [0.05, 0.1) is 5.71 Å². The minimum atomic E-state index is 0.535. The Morgan fingerprint density at radius 2 is 2.45 bits per heavy atom. The first-order chi connectivity index (χ1) is 5.34. The molecule has 0 aromatic heterocycles. The standard InChI is InChI=1S/C6H11NO3S/c1-5-3-4-6(5)7-8-9-10-11-2/h5H,3-4H2,1-2H3/b7-6+. The number of nitrogens with zero attached hydrogens (tertiary/aromatic N) is 1. The molecule has 1 saturated carbocycles. The average molecular weight is 177 g/mol. The molecule has 1 unspecified atom stereocenters. The van der Waals surface area contributed by atoms with Gasteiger partial charge in [0.15, 0.2) is 0 Å². The summed E-state index contributed by atoms with van der Waals surface area (Å²) in [5.74, 6) is 0.535. The third-order valence-corrected chi connectivity index (χ3v) is 1.87. The molecule has 1 atom stereocenters. The third kappa shape index (κ3) is 2.69. The van der Waals surface area contributed by atoms with Crippen molar-refractivity contribution in [3.63, 3.8) is 0 Å². The Labute approximate surface area is 69.9 Å². The Hall–Kier alpha value is -0.260. The summed E-state index contributed by atoms with van der Waals surface area (Å²) in [6.07, 6.45) is 3.91. The van der Waals surface area contributed by atoms with Crippen molar-refractivity contribution >= 4 is 17.8 Å².